The molecule has 1 aliphatic rings. The van der Waals surface area contributed by atoms with E-state index < -0.39 is 11.4 Å². The Hall–Kier alpha value is -2.34. The summed E-state index contributed by atoms with van der Waals surface area (Å²) < 4.78 is 16.1. The van der Waals surface area contributed by atoms with Crippen LogP contribution < -0.4 is 5.56 Å². The maximum atomic E-state index is 14.4. The molecule has 4 rings (SSSR count). The zero-order chi connectivity index (χ0) is 15.6. The fourth-order valence-electron chi connectivity index (χ4n) is 2.77. The van der Waals surface area contributed by atoms with E-state index in [-0.39, 0.29) is 22.5 Å². The number of aromatic nitrogens is 2. The lowest BCUT2D eigenvalue weighted by Crippen LogP contribution is -2.23. The quantitative estimate of drug-likeness (QED) is 0.485. The van der Waals surface area contributed by atoms with Crippen LogP contribution in [0.3, 0.4) is 0 Å². The van der Waals surface area contributed by atoms with E-state index in [1.165, 1.54) is 4.57 Å². The van der Waals surface area contributed by atoms with Gasteiger partial charge in [-0.3, -0.25) is 14.2 Å². The monoisotopic (exact) mass is 358 g/mol. The van der Waals surface area contributed by atoms with Crippen molar-refractivity contribution in [3.05, 3.63) is 67.9 Å². The van der Waals surface area contributed by atoms with Gasteiger partial charge in [0, 0.05) is 4.47 Å². The number of halogens is 2. The molecule has 1 aromatic heterocycles. The molecule has 0 aliphatic carbocycles. The molecule has 0 bridgehead atoms. The molecule has 0 spiro atoms. The molecule has 0 saturated heterocycles. The van der Waals surface area contributed by atoms with E-state index in [2.05, 4.69) is 20.9 Å². The van der Waals surface area contributed by atoms with Gasteiger partial charge in [0.05, 0.1) is 16.8 Å². The fourth-order valence-corrected chi connectivity index (χ4v) is 3.40. The summed E-state index contributed by atoms with van der Waals surface area (Å²) in [4.78, 5) is 29.4. The lowest BCUT2D eigenvalue weighted by Gasteiger charge is -2.08. The van der Waals surface area contributed by atoms with Gasteiger partial charge in [0.15, 0.2) is 5.82 Å². The van der Waals surface area contributed by atoms with E-state index in [9.17, 15) is 14.0 Å². The number of benzene rings is 2. The number of nitrogens with zero attached hydrogens (tertiary/aromatic N) is 2. The minimum absolute atomic E-state index is 0.0163. The van der Waals surface area contributed by atoms with Gasteiger partial charge in [0.25, 0.3) is 5.56 Å². The van der Waals surface area contributed by atoms with Gasteiger partial charge in [-0.25, -0.2) is 9.37 Å². The molecule has 6 heteroatoms. The van der Waals surface area contributed by atoms with Crippen molar-refractivity contribution >= 4 is 32.6 Å². The second kappa shape index (κ2) is 4.33. The summed E-state index contributed by atoms with van der Waals surface area (Å²) in [6.45, 7) is 1.58. The number of rotatable bonds is 0. The molecule has 4 nitrogen and oxygen atoms in total. The van der Waals surface area contributed by atoms with Gasteiger partial charge in [0.1, 0.15) is 11.2 Å². The third-order valence-electron chi connectivity index (χ3n) is 3.81. The highest BCUT2D eigenvalue weighted by molar-refractivity contribution is 9.10. The second-order valence-corrected chi connectivity index (χ2v) is 5.99. The number of aryl methyl sites for hydroxylation is 1. The standard InChI is InChI=1S/C16H8BrFN2O2/c1-7-6-9(17)13-11(12(7)18)16(22)20-10-5-3-2-4-8(10)14(21)15(20)19-13/h2-6H,1H3. The smallest absolute Gasteiger partial charge is 0.269 e. The Morgan fingerprint density at radius 2 is 1.95 bits per heavy atom. The molecule has 3 aromatic rings. The summed E-state index contributed by atoms with van der Waals surface area (Å²) in [5, 5.41) is -0.111. The third-order valence-corrected chi connectivity index (χ3v) is 4.42. The predicted molar refractivity (Wildman–Crippen MR) is 83.2 cm³/mol. The van der Waals surface area contributed by atoms with E-state index >= 15 is 0 Å². The third kappa shape index (κ3) is 1.53. The van der Waals surface area contributed by atoms with Gasteiger partial charge < -0.3 is 0 Å². The topological polar surface area (TPSA) is 52.0 Å². The van der Waals surface area contributed by atoms with Crippen molar-refractivity contribution in [1.82, 2.24) is 9.55 Å². The number of ketones is 1. The normalized spacial score (nSPS) is 12.6. The summed E-state index contributed by atoms with van der Waals surface area (Å²) in [5.41, 5.74) is 0.784. The van der Waals surface area contributed by atoms with E-state index in [0.29, 0.717) is 21.3 Å². The van der Waals surface area contributed by atoms with Crippen LogP contribution >= 0.6 is 15.9 Å². The Morgan fingerprint density at radius 3 is 2.73 bits per heavy atom. The number of para-hydroxylation sites is 1. The molecule has 22 heavy (non-hydrogen) atoms. The molecule has 1 aliphatic heterocycles. The molecule has 0 unspecified atom stereocenters. The van der Waals surface area contributed by atoms with Crippen LogP contribution in [0.5, 0.6) is 0 Å². The molecule has 0 amide bonds. The molecule has 2 heterocycles. The van der Waals surface area contributed by atoms with Crippen molar-refractivity contribution in [2.75, 3.05) is 0 Å². The van der Waals surface area contributed by atoms with Crippen LogP contribution in [0.4, 0.5) is 4.39 Å². The van der Waals surface area contributed by atoms with Crippen molar-refractivity contribution in [1.29, 1.82) is 0 Å². The summed E-state index contributed by atoms with van der Waals surface area (Å²) in [5.74, 6) is -0.923. The van der Waals surface area contributed by atoms with Crippen LogP contribution in [-0.4, -0.2) is 15.3 Å². The number of hydrogen-bond acceptors (Lipinski definition) is 3. The zero-order valence-electron chi connectivity index (χ0n) is 11.4. The van der Waals surface area contributed by atoms with Crippen LogP contribution in [0, 0.1) is 12.7 Å². The van der Waals surface area contributed by atoms with Crippen molar-refractivity contribution in [3.8, 4) is 5.69 Å². The first kappa shape index (κ1) is 13.3. The first-order valence-corrected chi connectivity index (χ1v) is 7.35. The highest BCUT2D eigenvalue weighted by Gasteiger charge is 2.31. The number of carbonyl (C=O) groups is 1. The van der Waals surface area contributed by atoms with Crippen molar-refractivity contribution in [2.45, 2.75) is 6.92 Å². The first-order chi connectivity index (χ1) is 10.5. The minimum Gasteiger partial charge on any atom is -0.285 e. The first-order valence-electron chi connectivity index (χ1n) is 6.56. The molecule has 0 N–H and O–H groups in total. The Bertz CT molecular complexity index is 1060. The van der Waals surface area contributed by atoms with Crippen LogP contribution in [0.1, 0.15) is 21.7 Å². The van der Waals surface area contributed by atoms with Gasteiger partial charge in [0.2, 0.25) is 5.78 Å². The van der Waals surface area contributed by atoms with Crippen molar-refractivity contribution in [3.63, 3.8) is 0 Å². The van der Waals surface area contributed by atoms with Crippen LogP contribution in [-0.2, 0) is 0 Å². The van der Waals surface area contributed by atoms with E-state index in [0.717, 1.165) is 0 Å². The minimum atomic E-state index is -0.608. The van der Waals surface area contributed by atoms with E-state index in [4.69, 9.17) is 0 Å². The average Bonchev–Trinajstić information content (AvgIpc) is 2.79. The second-order valence-electron chi connectivity index (χ2n) is 5.14. The lowest BCUT2D eigenvalue weighted by molar-refractivity contribution is 0.103. The van der Waals surface area contributed by atoms with Crippen LogP contribution in [0.2, 0.25) is 0 Å². The Kier molecular flexibility index (Phi) is 2.62. The van der Waals surface area contributed by atoms with Crippen molar-refractivity contribution in [2.24, 2.45) is 0 Å². The highest BCUT2D eigenvalue weighted by atomic mass is 79.9. The number of fused-ring (bicyclic) bond motifs is 4. The fraction of sp³-hybridized carbons (Fsp3) is 0.0625. The van der Waals surface area contributed by atoms with Gasteiger partial charge >= 0.3 is 0 Å². The molecule has 0 saturated carbocycles. The van der Waals surface area contributed by atoms with Gasteiger partial charge in [-0.2, -0.15) is 0 Å². The summed E-state index contributed by atoms with van der Waals surface area (Å²) in [6.07, 6.45) is 0. The Morgan fingerprint density at radius 1 is 1.23 bits per heavy atom. The molecular weight excluding hydrogens is 351 g/mol. The number of hydrogen-bond donors (Lipinski definition) is 0. The van der Waals surface area contributed by atoms with Gasteiger partial charge in [-0.1, -0.05) is 12.1 Å². The Balaban J connectivity index is 2.26. The highest BCUT2D eigenvalue weighted by Crippen LogP contribution is 2.30. The van der Waals surface area contributed by atoms with Crippen LogP contribution in [0.25, 0.3) is 16.6 Å². The molecule has 0 fully saturated rings. The summed E-state index contributed by atoms with van der Waals surface area (Å²) in [7, 11) is 0. The van der Waals surface area contributed by atoms with Gasteiger partial charge in [-0.15, -0.1) is 0 Å². The average molecular weight is 359 g/mol. The summed E-state index contributed by atoms with van der Waals surface area (Å²) >= 11 is 3.29. The predicted octanol–water partition coefficient (Wildman–Crippen LogP) is 3.14. The maximum absolute atomic E-state index is 14.4. The molecular formula is C16H8BrFN2O2. The van der Waals surface area contributed by atoms with Crippen molar-refractivity contribution < 1.29 is 9.18 Å². The van der Waals surface area contributed by atoms with Crippen LogP contribution in [0.15, 0.2) is 39.6 Å². The Labute approximate surface area is 132 Å². The number of carbonyl (C=O) groups excluding carboxylic acids is 1. The van der Waals surface area contributed by atoms with E-state index in [1.54, 1.807) is 37.3 Å². The molecule has 0 atom stereocenters. The maximum Gasteiger partial charge on any atom is 0.269 e. The molecule has 0 radical (unpaired) electrons. The SMILES string of the molecule is Cc1cc(Br)c2nc3n(c(=O)c2c1F)-c1ccccc1C3=O. The summed E-state index contributed by atoms with van der Waals surface area (Å²) in [6, 6.07) is 8.27. The molecule has 108 valence electrons. The van der Waals surface area contributed by atoms with E-state index in [1.807, 2.05) is 0 Å². The van der Waals surface area contributed by atoms with Gasteiger partial charge in [-0.05, 0) is 46.6 Å². The lowest BCUT2D eigenvalue weighted by atomic mass is 10.1. The largest absolute Gasteiger partial charge is 0.285 e. The zero-order valence-corrected chi connectivity index (χ0v) is 12.9. The molecule has 2 aromatic carbocycles.